The lowest BCUT2D eigenvalue weighted by atomic mass is 10.2. The number of rotatable bonds is 5. The number of fused-ring (bicyclic) bond motifs is 1. The number of para-hydroxylation sites is 1. The van der Waals surface area contributed by atoms with E-state index < -0.39 is 0 Å². The van der Waals surface area contributed by atoms with Crippen LogP contribution in [0.4, 0.5) is 0 Å². The van der Waals surface area contributed by atoms with Gasteiger partial charge in [0, 0.05) is 24.4 Å². The van der Waals surface area contributed by atoms with Crippen molar-refractivity contribution in [3.8, 4) is 0 Å². The van der Waals surface area contributed by atoms with Crippen molar-refractivity contribution >= 4 is 33.8 Å². The van der Waals surface area contributed by atoms with Crippen LogP contribution >= 0.6 is 22.9 Å². The molecule has 0 fully saturated rings. The molecule has 3 nitrogen and oxygen atoms in total. The summed E-state index contributed by atoms with van der Waals surface area (Å²) in [4.78, 5) is 16.5. The Balaban J connectivity index is 1.76. The minimum Gasteiger partial charge on any atom is -0.308 e. The van der Waals surface area contributed by atoms with E-state index in [2.05, 4.69) is 4.98 Å². The highest BCUT2D eigenvalue weighted by molar-refractivity contribution is 7.09. The monoisotopic (exact) mass is 318 g/mol. The van der Waals surface area contributed by atoms with Crippen molar-refractivity contribution in [2.45, 2.75) is 25.3 Å². The summed E-state index contributed by atoms with van der Waals surface area (Å²) in [5.74, 6) is 0.458. The van der Waals surface area contributed by atoms with Crippen molar-refractivity contribution in [1.29, 1.82) is 0 Å². The third-order valence-electron chi connectivity index (χ3n) is 3.41. The summed E-state index contributed by atoms with van der Waals surface area (Å²) in [5, 5.41) is 4.17. The van der Waals surface area contributed by atoms with Gasteiger partial charge >= 0.3 is 0 Å². The minimum absolute atomic E-state index is 0.0503. The van der Waals surface area contributed by atoms with E-state index in [9.17, 15) is 4.79 Å². The summed E-state index contributed by atoms with van der Waals surface area (Å²) >= 11 is 7.39. The van der Waals surface area contributed by atoms with Crippen LogP contribution in [0.2, 0.25) is 0 Å². The van der Waals surface area contributed by atoms with Gasteiger partial charge in [0.1, 0.15) is 0 Å². The fourth-order valence-electron chi connectivity index (χ4n) is 2.39. The maximum absolute atomic E-state index is 12.1. The standard InChI is InChI=1S/C16H15ClN2OS/c17-10-13-11-21-15(18-13)6-3-9-19-14-5-2-1-4-12(14)7-8-16(19)20/h1-2,4-5,7-8,11H,3,6,9-10H2. The number of nitrogens with zero attached hydrogens (tertiary/aromatic N) is 2. The third kappa shape index (κ3) is 3.17. The molecule has 2 aromatic heterocycles. The largest absolute Gasteiger partial charge is 0.308 e. The molecule has 0 atom stereocenters. The zero-order valence-electron chi connectivity index (χ0n) is 11.5. The average molecular weight is 319 g/mol. The van der Waals surface area contributed by atoms with Crippen molar-refractivity contribution < 1.29 is 0 Å². The summed E-state index contributed by atoms with van der Waals surface area (Å²) in [5.41, 5.74) is 1.97. The maximum Gasteiger partial charge on any atom is 0.251 e. The lowest BCUT2D eigenvalue weighted by molar-refractivity contribution is 0.640. The lowest BCUT2D eigenvalue weighted by Crippen LogP contribution is -2.19. The summed E-state index contributed by atoms with van der Waals surface area (Å²) < 4.78 is 1.84. The molecule has 0 aliphatic rings. The molecule has 2 heterocycles. The van der Waals surface area contributed by atoms with Gasteiger partial charge in [-0.1, -0.05) is 18.2 Å². The molecule has 1 aromatic carbocycles. The number of benzene rings is 1. The van der Waals surface area contributed by atoms with Crippen LogP contribution in [0.3, 0.4) is 0 Å². The highest BCUT2D eigenvalue weighted by Crippen LogP contribution is 2.15. The van der Waals surface area contributed by atoms with Crippen LogP contribution in [0, 0.1) is 0 Å². The van der Waals surface area contributed by atoms with Gasteiger partial charge in [0.2, 0.25) is 0 Å². The Bertz CT molecular complexity index is 809. The predicted octanol–water partition coefficient (Wildman–Crippen LogP) is 3.83. The number of thiazole rings is 1. The SMILES string of the molecule is O=c1ccc2ccccc2n1CCCc1nc(CCl)cs1. The zero-order chi connectivity index (χ0) is 14.7. The quantitative estimate of drug-likeness (QED) is 0.670. The minimum atomic E-state index is 0.0503. The van der Waals surface area contributed by atoms with Crippen molar-refractivity contribution in [3.05, 3.63) is 62.8 Å². The topological polar surface area (TPSA) is 34.9 Å². The highest BCUT2D eigenvalue weighted by Gasteiger charge is 2.04. The molecule has 108 valence electrons. The Hall–Kier alpha value is -1.65. The first-order valence-corrected chi connectivity index (χ1v) is 8.27. The smallest absolute Gasteiger partial charge is 0.251 e. The van der Waals surface area contributed by atoms with Crippen LogP contribution in [-0.2, 0) is 18.8 Å². The Labute approximate surface area is 131 Å². The van der Waals surface area contributed by atoms with Gasteiger partial charge in [-0.25, -0.2) is 4.98 Å². The summed E-state index contributed by atoms with van der Waals surface area (Å²) in [6.07, 6.45) is 1.76. The predicted molar refractivity (Wildman–Crippen MR) is 88.2 cm³/mol. The third-order valence-corrected chi connectivity index (χ3v) is 4.64. The average Bonchev–Trinajstić information content (AvgIpc) is 2.97. The number of hydrogen-bond donors (Lipinski definition) is 0. The van der Waals surface area contributed by atoms with Gasteiger partial charge in [-0.3, -0.25) is 4.79 Å². The zero-order valence-corrected chi connectivity index (χ0v) is 13.0. The van der Waals surface area contributed by atoms with Crippen LogP contribution in [0.1, 0.15) is 17.1 Å². The normalized spacial score (nSPS) is 11.1. The van der Waals surface area contributed by atoms with E-state index >= 15 is 0 Å². The number of pyridine rings is 1. The molecule has 0 bridgehead atoms. The van der Waals surface area contributed by atoms with E-state index in [1.807, 2.05) is 40.3 Å². The van der Waals surface area contributed by atoms with Crippen molar-refractivity contribution in [3.63, 3.8) is 0 Å². The lowest BCUT2D eigenvalue weighted by Gasteiger charge is -2.09. The molecule has 0 N–H and O–H groups in total. The molecule has 0 amide bonds. The molecule has 0 spiro atoms. The van der Waals surface area contributed by atoms with Crippen LogP contribution in [0.5, 0.6) is 0 Å². The second kappa shape index (κ2) is 6.41. The second-order valence-electron chi connectivity index (χ2n) is 4.85. The first kappa shape index (κ1) is 14.3. The first-order chi connectivity index (χ1) is 10.3. The van der Waals surface area contributed by atoms with E-state index in [1.165, 1.54) is 0 Å². The Morgan fingerprint density at radius 3 is 2.86 bits per heavy atom. The number of aryl methyl sites for hydroxylation is 2. The van der Waals surface area contributed by atoms with Gasteiger partial charge in [-0.15, -0.1) is 22.9 Å². The van der Waals surface area contributed by atoms with E-state index in [-0.39, 0.29) is 5.56 Å². The fourth-order valence-corrected chi connectivity index (χ4v) is 3.46. The molecule has 0 aliphatic carbocycles. The van der Waals surface area contributed by atoms with Crippen LogP contribution in [-0.4, -0.2) is 9.55 Å². The summed E-state index contributed by atoms with van der Waals surface area (Å²) in [6, 6.07) is 11.5. The van der Waals surface area contributed by atoms with Gasteiger partial charge in [-0.2, -0.15) is 0 Å². The van der Waals surface area contributed by atoms with Crippen molar-refractivity contribution in [2.75, 3.05) is 0 Å². The molecule has 3 aromatic rings. The molecule has 5 heteroatoms. The molecule has 3 rings (SSSR count). The molecular weight excluding hydrogens is 304 g/mol. The van der Waals surface area contributed by atoms with Crippen molar-refractivity contribution in [2.24, 2.45) is 0 Å². The van der Waals surface area contributed by atoms with Gasteiger partial charge in [0.05, 0.1) is 22.1 Å². The van der Waals surface area contributed by atoms with Gasteiger partial charge < -0.3 is 4.57 Å². The Morgan fingerprint density at radius 1 is 1.19 bits per heavy atom. The molecule has 0 saturated carbocycles. The van der Waals surface area contributed by atoms with Crippen molar-refractivity contribution in [1.82, 2.24) is 9.55 Å². The van der Waals surface area contributed by atoms with E-state index in [1.54, 1.807) is 17.4 Å². The van der Waals surface area contributed by atoms with E-state index in [0.717, 1.165) is 34.4 Å². The second-order valence-corrected chi connectivity index (χ2v) is 6.06. The molecule has 0 radical (unpaired) electrons. The molecule has 0 saturated heterocycles. The number of hydrogen-bond acceptors (Lipinski definition) is 3. The highest BCUT2D eigenvalue weighted by atomic mass is 35.5. The van der Waals surface area contributed by atoms with Gasteiger partial charge in [-0.05, 0) is 23.9 Å². The van der Waals surface area contributed by atoms with Crippen LogP contribution in [0.25, 0.3) is 10.9 Å². The maximum atomic E-state index is 12.1. The first-order valence-electron chi connectivity index (χ1n) is 6.86. The van der Waals surface area contributed by atoms with Crippen LogP contribution in [0.15, 0.2) is 46.6 Å². The molecular formula is C16H15ClN2OS. The van der Waals surface area contributed by atoms with Crippen LogP contribution < -0.4 is 5.56 Å². The van der Waals surface area contributed by atoms with Gasteiger partial charge in [0.15, 0.2) is 0 Å². The van der Waals surface area contributed by atoms with E-state index in [4.69, 9.17) is 11.6 Å². The number of halogens is 1. The van der Waals surface area contributed by atoms with Gasteiger partial charge in [0.25, 0.3) is 5.56 Å². The van der Waals surface area contributed by atoms with E-state index in [0.29, 0.717) is 12.4 Å². The summed E-state index contributed by atoms with van der Waals surface area (Å²) in [7, 11) is 0. The fraction of sp³-hybridized carbons (Fsp3) is 0.250. The summed E-state index contributed by atoms with van der Waals surface area (Å²) in [6.45, 7) is 0.704. The molecule has 21 heavy (non-hydrogen) atoms. The Kier molecular flexibility index (Phi) is 4.36. The number of aromatic nitrogens is 2. The molecule has 0 unspecified atom stereocenters. The number of alkyl halides is 1. The Morgan fingerprint density at radius 2 is 2.05 bits per heavy atom. The molecule has 0 aliphatic heterocycles.